The molecule has 0 unspecified atom stereocenters. The quantitative estimate of drug-likeness (QED) is 0.539. The van der Waals surface area contributed by atoms with Crippen molar-refractivity contribution in [1.29, 1.82) is 0 Å². The number of aromatic nitrogens is 2. The third kappa shape index (κ3) is 3.23. The van der Waals surface area contributed by atoms with Gasteiger partial charge in [0.15, 0.2) is 5.78 Å². The van der Waals surface area contributed by atoms with E-state index in [1.54, 1.807) is 35.4 Å². The SMILES string of the molecule is O=C1CC2(CCN(C(=O)c3cc(Cl)c4[nH]ncc4c3)CC2)Oc2cc(Cl)cc(Cl)c21. The molecule has 0 bridgehead atoms. The molecule has 2 aliphatic heterocycles. The summed E-state index contributed by atoms with van der Waals surface area (Å²) in [6.07, 6.45) is 2.94. The highest BCUT2D eigenvalue weighted by Gasteiger charge is 2.44. The predicted octanol–water partition coefficient (Wildman–Crippen LogP) is 5.16. The summed E-state index contributed by atoms with van der Waals surface area (Å²) < 4.78 is 6.23. The highest BCUT2D eigenvalue weighted by atomic mass is 35.5. The molecule has 0 radical (unpaired) electrons. The van der Waals surface area contributed by atoms with E-state index in [1.165, 1.54) is 0 Å². The number of nitrogens with zero attached hydrogens (tertiary/aromatic N) is 2. The first-order valence-corrected chi connectivity index (χ1v) is 10.6. The molecule has 3 heterocycles. The number of carbonyl (C=O) groups excluding carboxylic acids is 2. The summed E-state index contributed by atoms with van der Waals surface area (Å²) >= 11 is 18.6. The van der Waals surface area contributed by atoms with Crippen LogP contribution in [0, 0.1) is 0 Å². The summed E-state index contributed by atoms with van der Waals surface area (Å²) in [6, 6.07) is 6.60. The zero-order chi connectivity index (χ0) is 21.0. The molecule has 2 aliphatic rings. The van der Waals surface area contributed by atoms with Gasteiger partial charge < -0.3 is 9.64 Å². The van der Waals surface area contributed by atoms with E-state index in [4.69, 9.17) is 39.5 Å². The zero-order valence-corrected chi connectivity index (χ0v) is 17.9. The number of carbonyl (C=O) groups is 2. The van der Waals surface area contributed by atoms with E-state index in [2.05, 4.69) is 10.2 Å². The minimum Gasteiger partial charge on any atom is -0.486 e. The first-order valence-electron chi connectivity index (χ1n) is 9.48. The Kier molecular flexibility index (Phi) is 4.69. The second kappa shape index (κ2) is 7.15. The Morgan fingerprint density at radius 2 is 1.87 bits per heavy atom. The average molecular weight is 465 g/mol. The second-order valence-corrected chi connectivity index (χ2v) is 8.98. The average Bonchev–Trinajstić information content (AvgIpc) is 3.16. The lowest BCUT2D eigenvalue weighted by Gasteiger charge is -2.44. The summed E-state index contributed by atoms with van der Waals surface area (Å²) in [6.45, 7) is 0.938. The molecule has 1 aromatic heterocycles. The lowest BCUT2D eigenvalue weighted by atomic mass is 9.82. The van der Waals surface area contributed by atoms with Crippen molar-refractivity contribution in [3.05, 3.63) is 56.7 Å². The van der Waals surface area contributed by atoms with Gasteiger partial charge in [0.2, 0.25) is 0 Å². The molecule has 1 saturated heterocycles. The van der Waals surface area contributed by atoms with Crippen LogP contribution < -0.4 is 4.74 Å². The fourth-order valence-electron chi connectivity index (χ4n) is 4.27. The van der Waals surface area contributed by atoms with Gasteiger partial charge in [-0.15, -0.1) is 0 Å². The number of ether oxygens (including phenoxy) is 1. The van der Waals surface area contributed by atoms with Crippen molar-refractivity contribution in [2.75, 3.05) is 13.1 Å². The fraction of sp³-hybridized carbons (Fsp3) is 0.286. The number of benzene rings is 2. The number of hydrogen-bond acceptors (Lipinski definition) is 4. The topological polar surface area (TPSA) is 75.3 Å². The summed E-state index contributed by atoms with van der Waals surface area (Å²) in [7, 11) is 0. The van der Waals surface area contributed by atoms with Crippen LogP contribution in [0.3, 0.4) is 0 Å². The number of likely N-dealkylation sites (tertiary alicyclic amines) is 1. The first kappa shape index (κ1) is 19.7. The van der Waals surface area contributed by atoms with Crippen LogP contribution in [0.4, 0.5) is 0 Å². The van der Waals surface area contributed by atoms with Gasteiger partial charge in [-0.25, -0.2) is 0 Å². The molecular formula is C21H16Cl3N3O3. The van der Waals surface area contributed by atoms with E-state index in [0.717, 1.165) is 5.39 Å². The molecule has 30 heavy (non-hydrogen) atoms. The van der Waals surface area contributed by atoms with Gasteiger partial charge in [-0.05, 0) is 24.3 Å². The molecule has 3 aromatic rings. The number of rotatable bonds is 1. The van der Waals surface area contributed by atoms with E-state index in [1.807, 2.05) is 0 Å². The van der Waals surface area contributed by atoms with Crippen molar-refractivity contribution in [3.63, 3.8) is 0 Å². The van der Waals surface area contributed by atoms with Gasteiger partial charge in [-0.2, -0.15) is 5.10 Å². The van der Waals surface area contributed by atoms with Crippen LogP contribution in [-0.2, 0) is 0 Å². The van der Waals surface area contributed by atoms with E-state index in [0.29, 0.717) is 63.4 Å². The molecular weight excluding hydrogens is 449 g/mol. The molecule has 1 amide bonds. The van der Waals surface area contributed by atoms with Crippen molar-refractivity contribution in [1.82, 2.24) is 15.1 Å². The standard InChI is InChI=1S/C21H16Cl3N3O3/c22-13-7-14(23)18-16(28)9-21(30-17(18)8-13)1-3-27(4-2-21)20(29)11-5-12-10-25-26-19(12)15(24)6-11/h5-8,10H,1-4,9H2,(H,25,26). The van der Waals surface area contributed by atoms with Crippen LogP contribution in [-0.4, -0.2) is 45.5 Å². The Morgan fingerprint density at radius 3 is 2.63 bits per heavy atom. The minimum absolute atomic E-state index is 0.0603. The van der Waals surface area contributed by atoms with Crippen LogP contribution in [0.1, 0.15) is 40.0 Å². The molecule has 6 nitrogen and oxygen atoms in total. The van der Waals surface area contributed by atoms with Gasteiger partial charge in [-0.3, -0.25) is 14.7 Å². The highest BCUT2D eigenvalue weighted by molar-refractivity contribution is 6.37. The monoisotopic (exact) mass is 463 g/mol. The number of hydrogen-bond donors (Lipinski definition) is 1. The number of aromatic amines is 1. The lowest BCUT2D eigenvalue weighted by molar-refractivity contribution is -0.00567. The zero-order valence-electron chi connectivity index (χ0n) is 15.7. The van der Waals surface area contributed by atoms with Crippen molar-refractivity contribution < 1.29 is 14.3 Å². The van der Waals surface area contributed by atoms with Crippen molar-refractivity contribution in [2.24, 2.45) is 0 Å². The van der Waals surface area contributed by atoms with Gasteiger partial charge in [0, 0.05) is 41.9 Å². The summed E-state index contributed by atoms with van der Waals surface area (Å²) in [5.74, 6) is 0.249. The summed E-state index contributed by atoms with van der Waals surface area (Å²) in [5, 5.41) is 8.74. The normalized spacial score (nSPS) is 17.8. The van der Waals surface area contributed by atoms with Gasteiger partial charge >= 0.3 is 0 Å². The van der Waals surface area contributed by atoms with E-state index < -0.39 is 5.60 Å². The molecule has 0 saturated carbocycles. The lowest BCUT2D eigenvalue weighted by Crippen LogP contribution is -2.52. The third-order valence-electron chi connectivity index (χ3n) is 5.82. The van der Waals surface area contributed by atoms with Crippen molar-refractivity contribution in [2.45, 2.75) is 24.9 Å². The number of fused-ring (bicyclic) bond motifs is 2. The van der Waals surface area contributed by atoms with Crippen LogP contribution >= 0.6 is 34.8 Å². The Hall–Kier alpha value is -2.28. The predicted molar refractivity (Wildman–Crippen MR) is 115 cm³/mol. The molecule has 0 aliphatic carbocycles. The van der Waals surface area contributed by atoms with Crippen LogP contribution in [0.25, 0.3) is 10.9 Å². The van der Waals surface area contributed by atoms with Crippen molar-refractivity contribution >= 4 is 57.4 Å². The molecule has 1 N–H and O–H groups in total. The van der Waals surface area contributed by atoms with E-state index in [-0.39, 0.29) is 18.1 Å². The maximum absolute atomic E-state index is 13.0. The number of H-pyrrole nitrogens is 1. The number of Topliss-reactive ketones (excluding diaryl/α,β-unsaturated/α-hetero) is 1. The Balaban J connectivity index is 1.35. The van der Waals surface area contributed by atoms with Crippen LogP contribution in [0.5, 0.6) is 5.75 Å². The third-order valence-corrected chi connectivity index (χ3v) is 6.63. The maximum Gasteiger partial charge on any atom is 0.253 e. The number of ketones is 1. The number of piperidine rings is 1. The molecule has 2 aromatic carbocycles. The molecule has 154 valence electrons. The fourth-order valence-corrected chi connectivity index (χ4v) is 5.12. The van der Waals surface area contributed by atoms with E-state index >= 15 is 0 Å². The molecule has 0 atom stereocenters. The van der Waals surface area contributed by atoms with Gasteiger partial charge in [0.25, 0.3) is 5.91 Å². The summed E-state index contributed by atoms with van der Waals surface area (Å²) in [5.41, 5.74) is 0.944. The van der Waals surface area contributed by atoms with Crippen LogP contribution in [0.15, 0.2) is 30.5 Å². The van der Waals surface area contributed by atoms with Crippen molar-refractivity contribution in [3.8, 4) is 5.75 Å². The molecule has 1 fully saturated rings. The summed E-state index contributed by atoms with van der Waals surface area (Å²) in [4.78, 5) is 27.5. The highest BCUT2D eigenvalue weighted by Crippen LogP contribution is 2.43. The van der Waals surface area contributed by atoms with E-state index in [9.17, 15) is 9.59 Å². The largest absolute Gasteiger partial charge is 0.486 e. The molecule has 5 rings (SSSR count). The Bertz CT molecular complexity index is 1200. The Labute approximate surface area is 187 Å². The minimum atomic E-state index is -0.652. The molecule has 1 spiro atoms. The smallest absolute Gasteiger partial charge is 0.253 e. The number of nitrogens with one attached hydrogen (secondary N) is 1. The number of amides is 1. The second-order valence-electron chi connectivity index (χ2n) is 7.73. The molecule has 9 heteroatoms. The van der Waals surface area contributed by atoms with Gasteiger partial charge in [0.05, 0.1) is 33.7 Å². The Morgan fingerprint density at radius 1 is 1.10 bits per heavy atom. The van der Waals surface area contributed by atoms with Gasteiger partial charge in [0.1, 0.15) is 11.4 Å². The van der Waals surface area contributed by atoms with Gasteiger partial charge in [-0.1, -0.05) is 34.8 Å². The first-order chi connectivity index (χ1) is 14.3. The maximum atomic E-state index is 13.0. The number of halogens is 3. The van der Waals surface area contributed by atoms with Crippen LogP contribution in [0.2, 0.25) is 15.1 Å².